The molecular weight excluding hydrogens is 295 g/mol. The summed E-state index contributed by atoms with van der Waals surface area (Å²) < 4.78 is 7.90. The van der Waals surface area contributed by atoms with E-state index < -0.39 is 0 Å². The molecule has 0 bridgehead atoms. The third-order valence-electron chi connectivity index (χ3n) is 3.19. The smallest absolute Gasteiger partial charge is 0.127 e. The normalized spacial score (nSPS) is 13.9. The van der Waals surface area contributed by atoms with Crippen molar-refractivity contribution in [3.05, 3.63) is 29.0 Å². The molecule has 2 rings (SSSR count). The fourth-order valence-electron chi connectivity index (χ4n) is 2.42. The van der Waals surface area contributed by atoms with Crippen molar-refractivity contribution in [1.82, 2.24) is 9.55 Å². The summed E-state index contributed by atoms with van der Waals surface area (Å²) in [4.78, 5) is 4.60. The van der Waals surface area contributed by atoms with Crippen LogP contribution in [0.2, 0.25) is 5.02 Å². The first kappa shape index (κ1) is 15.6. The van der Waals surface area contributed by atoms with E-state index in [2.05, 4.69) is 23.4 Å². The van der Waals surface area contributed by atoms with Crippen LogP contribution in [-0.2, 0) is 11.3 Å². The van der Waals surface area contributed by atoms with Crippen molar-refractivity contribution < 1.29 is 4.74 Å². The van der Waals surface area contributed by atoms with E-state index in [1.54, 1.807) is 0 Å². The average Bonchev–Trinajstić information content (AvgIpc) is 2.69. The predicted octanol–water partition coefficient (Wildman–Crippen LogP) is 4.80. The van der Waals surface area contributed by atoms with Gasteiger partial charge in [-0.1, -0.05) is 17.7 Å². The summed E-state index contributed by atoms with van der Waals surface area (Å²) in [5.74, 6) is 0.822. The lowest BCUT2D eigenvalue weighted by molar-refractivity contribution is -0.0221. The van der Waals surface area contributed by atoms with Gasteiger partial charge in [-0.15, -0.1) is 11.6 Å². The molecule has 1 heterocycles. The Bertz CT molecular complexity index is 605. The van der Waals surface area contributed by atoms with Crippen LogP contribution in [0.15, 0.2) is 18.2 Å². The number of fused-ring (bicyclic) bond motifs is 1. The third kappa shape index (κ3) is 3.11. The predicted molar refractivity (Wildman–Crippen MR) is 84.7 cm³/mol. The second-order valence-corrected chi connectivity index (χ2v) is 6.53. The topological polar surface area (TPSA) is 27.1 Å². The molecule has 0 saturated carbocycles. The van der Waals surface area contributed by atoms with E-state index in [9.17, 15) is 0 Å². The lowest BCUT2D eigenvalue weighted by Crippen LogP contribution is -2.31. The summed E-state index contributed by atoms with van der Waals surface area (Å²) in [6.45, 7) is 9.40. The second kappa shape index (κ2) is 5.92. The van der Waals surface area contributed by atoms with Gasteiger partial charge < -0.3 is 9.30 Å². The largest absolute Gasteiger partial charge is 0.374 e. The maximum absolute atomic E-state index is 6.27. The van der Waals surface area contributed by atoms with Crippen LogP contribution in [0, 0.1) is 0 Å². The van der Waals surface area contributed by atoms with Gasteiger partial charge in [0.05, 0.1) is 28.1 Å². The number of hydrogen-bond acceptors (Lipinski definition) is 2. The molecule has 3 nitrogen and oxygen atoms in total. The van der Waals surface area contributed by atoms with Crippen LogP contribution in [0.1, 0.15) is 38.9 Å². The monoisotopic (exact) mass is 314 g/mol. The van der Waals surface area contributed by atoms with Gasteiger partial charge >= 0.3 is 0 Å². The highest BCUT2D eigenvalue weighted by Gasteiger charge is 2.24. The van der Waals surface area contributed by atoms with Crippen molar-refractivity contribution in [2.75, 3.05) is 6.61 Å². The second-order valence-electron chi connectivity index (χ2n) is 5.47. The van der Waals surface area contributed by atoms with Crippen LogP contribution in [0.3, 0.4) is 0 Å². The molecule has 20 heavy (non-hydrogen) atoms. The number of rotatable bonds is 5. The number of ether oxygens (including phenoxy) is 1. The lowest BCUT2D eigenvalue weighted by atomic mass is 10.1. The highest BCUT2D eigenvalue weighted by Crippen LogP contribution is 2.30. The maximum atomic E-state index is 6.27. The van der Waals surface area contributed by atoms with Gasteiger partial charge in [0.25, 0.3) is 0 Å². The minimum Gasteiger partial charge on any atom is -0.374 e. The quantitative estimate of drug-likeness (QED) is 0.741. The molecule has 2 aromatic rings. The van der Waals surface area contributed by atoms with Crippen molar-refractivity contribution >= 4 is 34.2 Å². The first-order chi connectivity index (χ1) is 9.35. The number of hydrogen-bond donors (Lipinski definition) is 0. The van der Waals surface area contributed by atoms with Crippen LogP contribution >= 0.6 is 23.2 Å². The summed E-state index contributed by atoms with van der Waals surface area (Å²) in [6, 6.07) is 5.79. The molecule has 110 valence electrons. The molecule has 0 fully saturated rings. The molecule has 1 unspecified atom stereocenters. The number of halogens is 2. The first-order valence-corrected chi connectivity index (χ1v) is 7.60. The highest BCUT2D eigenvalue weighted by atomic mass is 35.5. The van der Waals surface area contributed by atoms with E-state index >= 15 is 0 Å². The average molecular weight is 315 g/mol. The summed E-state index contributed by atoms with van der Waals surface area (Å²) in [6.07, 6.45) is 0. The van der Waals surface area contributed by atoms with Crippen LogP contribution in [-0.4, -0.2) is 21.8 Å². The van der Waals surface area contributed by atoms with Crippen molar-refractivity contribution in [3.63, 3.8) is 0 Å². The Hall–Kier alpha value is -0.770. The Kier molecular flexibility index (Phi) is 4.62. The van der Waals surface area contributed by atoms with Crippen molar-refractivity contribution in [3.8, 4) is 0 Å². The van der Waals surface area contributed by atoms with Crippen LogP contribution in [0.5, 0.6) is 0 Å². The summed E-state index contributed by atoms with van der Waals surface area (Å²) in [5.41, 5.74) is 1.50. The molecule has 0 N–H and O–H groups in total. The zero-order valence-electron chi connectivity index (χ0n) is 12.3. The molecule has 1 atom stereocenters. The lowest BCUT2D eigenvalue weighted by Gasteiger charge is -2.26. The molecule has 0 radical (unpaired) electrons. The van der Waals surface area contributed by atoms with E-state index in [1.165, 1.54) is 0 Å². The molecule has 1 aromatic carbocycles. The fraction of sp³-hybridized carbons (Fsp3) is 0.533. The maximum Gasteiger partial charge on any atom is 0.127 e. The number of benzene rings is 1. The van der Waals surface area contributed by atoms with Gasteiger partial charge in [0.15, 0.2) is 0 Å². The van der Waals surface area contributed by atoms with Gasteiger partial charge in [-0.2, -0.15) is 0 Å². The zero-order valence-corrected chi connectivity index (χ0v) is 13.8. The Morgan fingerprint density at radius 3 is 2.70 bits per heavy atom. The van der Waals surface area contributed by atoms with Gasteiger partial charge in [-0.05, 0) is 39.8 Å². The summed E-state index contributed by atoms with van der Waals surface area (Å²) >= 11 is 12.5. The molecule has 1 aromatic heterocycles. The van der Waals surface area contributed by atoms with Crippen LogP contribution < -0.4 is 0 Å². The molecule has 0 aliphatic rings. The van der Waals surface area contributed by atoms with Gasteiger partial charge in [-0.3, -0.25) is 0 Å². The first-order valence-electron chi connectivity index (χ1n) is 6.78. The molecule has 0 amide bonds. The molecular formula is C15H20Cl2N2O. The third-order valence-corrected chi connectivity index (χ3v) is 3.69. The number of nitrogens with zero attached hydrogens (tertiary/aromatic N) is 2. The number of aromatic nitrogens is 2. The van der Waals surface area contributed by atoms with Gasteiger partial charge in [-0.25, -0.2) is 4.98 Å². The van der Waals surface area contributed by atoms with Crippen molar-refractivity contribution in [1.29, 1.82) is 0 Å². The Balaban J connectivity index is 2.55. The Morgan fingerprint density at radius 1 is 1.40 bits per heavy atom. The van der Waals surface area contributed by atoms with Crippen molar-refractivity contribution in [2.24, 2.45) is 0 Å². The van der Waals surface area contributed by atoms with E-state index in [4.69, 9.17) is 27.9 Å². The van der Waals surface area contributed by atoms with Crippen molar-refractivity contribution in [2.45, 2.75) is 45.2 Å². The Labute approximate surface area is 129 Å². The van der Waals surface area contributed by atoms with E-state index in [0.29, 0.717) is 18.2 Å². The van der Waals surface area contributed by atoms with E-state index in [1.807, 2.05) is 32.0 Å². The minimum absolute atomic E-state index is 0.184. The fourth-order valence-corrected chi connectivity index (χ4v) is 2.80. The Morgan fingerprint density at radius 2 is 2.10 bits per heavy atom. The SMILES string of the molecule is CCOC(C)(C)Cn1c(C(C)Cl)nc2c(Cl)cccc21. The van der Waals surface area contributed by atoms with E-state index in [0.717, 1.165) is 16.9 Å². The van der Waals surface area contributed by atoms with Gasteiger partial charge in [0.1, 0.15) is 11.3 Å². The molecule has 0 aliphatic heterocycles. The zero-order chi connectivity index (χ0) is 14.9. The van der Waals surface area contributed by atoms with Crippen LogP contribution in [0.4, 0.5) is 0 Å². The number of imidazole rings is 1. The molecule has 0 spiro atoms. The highest BCUT2D eigenvalue weighted by molar-refractivity contribution is 6.35. The summed E-state index contributed by atoms with van der Waals surface area (Å²) in [5, 5.41) is 0.463. The number of alkyl halides is 1. The van der Waals surface area contributed by atoms with E-state index in [-0.39, 0.29) is 11.0 Å². The minimum atomic E-state index is -0.286. The number of para-hydroxylation sites is 1. The van der Waals surface area contributed by atoms with Crippen LogP contribution in [0.25, 0.3) is 11.0 Å². The van der Waals surface area contributed by atoms with Gasteiger partial charge in [0.2, 0.25) is 0 Å². The van der Waals surface area contributed by atoms with Gasteiger partial charge in [0, 0.05) is 6.61 Å². The molecule has 0 aliphatic carbocycles. The molecule has 5 heteroatoms. The standard InChI is InChI=1S/C15H20Cl2N2O/c1-5-20-15(3,4)9-19-12-8-6-7-11(17)13(12)18-14(19)10(2)16/h6-8,10H,5,9H2,1-4H3. The summed E-state index contributed by atoms with van der Waals surface area (Å²) in [7, 11) is 0. The molecule has 0 saturated heterocycles.